The van der Waals surface area contributed by atoms with Gasteiger partial charge in [-0.15, -0.1) is 0 Å². The molecule has 0 aliphatic rings. The Bertz CT molecular complexity index is 329. The maximum atomic E-state index is 9.51. The number of hydrogen-bond donors (Lipinski definition) is 1. The summed E-state index contributed by atoms with van der Waals surface area (Å²) in [6.45, 7) is 6.50. The minimum absolute atomic E-state index is 0.0214. The quantitative estimate of drug-likeness (QED) is 0.769. The molecule has 1 atom stereocenters. The molecule has 1 aromatic heterocycles. The van der Waals surface area contributed by atoms with Crippen molar-refractivity contribution in [3.63, 3.8) is 0 Å². The van der Waals surface area contributed by atoms with Gasteiger partial charge in [-0.2, -0.15) is 0 Å². The Morgan fingerprint density at radius 2 is 2.17 bits per heavy atom. The molecule has 18 heavy (non-hydrogen) atoms. The minimum atomic E-state index is 0.0214. The molecule has 3 heteroatoms. The van der Waals surface area contributed by atoms with Crippen LogP contribution in [0.15, 0.2) is 24.4 Å². The van der Waals surface area contributed by atoms with Gasteiger partial charge in [0.2, 0.25) is 0 Å². The second kappa shape index (κ2) is 7.49. The van der Waals surface area contributed by atoms with Crippen LogP contribution < -0.4 is 0 Å². The monoisotopic (exact) mass is 250 g/mol. The largest absolute Gasteiger partial charge is 0.396 e. The van der Waals surface area contributed by atoms with E-state index in [2.05, 4.69) is 36.8 Å². The van der Waals surface area contributed by atoms with Gasteiger partial charge in [-0.05, 0) is 25.6 Å². The third-order valence-corrected chi connectivity index (χ3v) is 3.36. The number of aliphatic hydroxyl groups is 1. The van der Waals surface area contributed by atoms with Crippen LogP contribution in [0.2, 0.25) is 0 Å². The topological polar surface area (TPSA) is 36.4 Å². The zero-order valence-corrected chi connectivity index (χ0v) is 11.9. The van der Waals surface area contributed by atoms with E-state index in [1.807, 2.05) is 18.3 Å². The van der Waals surface area contributed by atoms with E-state index in [-0.39, 0.29) is 12.0 Å². The summed E-state index contributed by atoms with van der Waals surface area (Å²) in [4.78, 5) is 6.62. The molecule has 0 saturated heterocycles. The maximum absolute atomic E-state index is 9.51. The zero-order chi connectivity index (χ0) is 13.4. The van der Waals surface area contributed by atoms with Crippen molar-refractivity contribution in [2.75, 3.05) is 26.7 Å². The molecule has 102 valence electrons. The number of hydrogen-bond acceptors (Lipinski definition) is 3. The molecule has 3 nitrogen and oxygen atoms in total. The third kappa shape index (κ3) is 5.15. The van der Waals surface area contributed by atoms with E-state index < -0.39 is 0 Å². The number of likely N-dealkylation sites (N-methyl/N-ethyl adjacent to an activating group) is 1. The van der Waals surface area contributed by atoms with Crippen molar-refractivity contribution in [3.05, 3.63) is 30.1 Å². The van der Waals surface area contributed by atoms with Crippen LogP contribution in [0, 0.1) is 5.41 Å². The number of rotatable bonds is 8. The van der Waals surface area contributed by atoms with Gasteiger partial charge in [0, 0.05) is 43.4 Å². The maximum Gasteiger partial charge on any atom is 0.0497 e. The van der Waals surface area contributed by atoms with Crippen LogP contribution in [0.5, 0.6) is 0 Å². The molecule has 0 aromatic carbocycles. The van der Waals surface area contributed by atoms with Crippen LogP contribution in [0.1, 0.15) is 32.4 Å². The first-order valence-electron chi connectivity index (χ1n) is 6.79. The SMILES string of the molecule is CCCC(C)(CO)CN(C)CCc1ccccn1. The summed E-state index contributed by atoms with van der Waals surface area (Å²) in [6.07, 6.45) is 4.98. The van der Waals surface area contributed by atoms with Gasteiger partial charge in [0.15, 0.2) is 0 Å². The van der Waals surface area contributed by atoms with Crippen LogP contribution >= 0.6 is 0 Å². The van der Waals surface area contributed by atoms with Crippen molar-refractivity contribution in [2.24, 2.45) is 5.41 Å². The van der Waals surface area contributed by atoms with E-state index in [1.54, 1.807) is 0 Å². The number of pyridine rings is 1. The average molecular weight is 250 g/mol. The first kappa shape index (κ1) is 15.1. The molecule has 1 unspecified atom stereocenters. The molecule has 1 aromatic rings. The van der Waals surface area contributed by atoms with Crippen LogP contribution in [0.3, 0.4) is 0 Å². The second-order valence-electron chi connectivity index (χ2n) is 5.53. The molecule has 1 rings (SSSR count). The Labute approximate surface area is 111 Å². The second-order valence-corrected chi connectivity index (χ2v) is 5.53. The molecular weight excluding hydrogens is 224 g/mol. The predicted octanol–water partition coefficient (Wildman–Crippen LogP) is 2.35. The molecule has 0 saturated carbocycles. The van der Waals surface area contributed by atoms with Gasteiger partial charge in [-0.3, -0.25) is 4.98 Å². The van der Waals surface area contributed by atoms with E-state index in [1.165, 1.54) is 0 Å². The Hall–Kier alpha value is -0.930. The van der Waals surface area contributed by atoms with Gasteiger partial charge in [-0.1, -0.05) is 26.3 Å². The van der Waals surface area contributed by atoms with Crippen molar-refractivity contribution < 1.29 is 5.11 Å². The molecule has 1 heterocycles. The molecule has 0 spiro atoms. The van der Waals surface area contributed by atoms with Gasteiger partial charge in [0.1, 0.15) is 0 Å². The lowest BCUT2D eigenvalue weighted by Gasteiger charge is -2.32. The smallest absolute Gasteiger partial charge is 0.0497 e. The summed E-state index contributed by atoms with van der Waals surface area (Å²) in [5.74, 6) is 0. The normalized spacial score (nSPS) is 14.7. The van der Waals surface area contributed by atoms with Gasteiger partial charge in [0.05, 0.1) is 0 Å². The number of aromatic nitrogens is 1. The molecule has 0 radical (unpaired) electrons. The first-order valence-corrected chi connectivity index (χ1v) is 6.79. The van der Waals surface area contributed by atoms with Gasteiger partial charge in [-0.25, -0.2) is 0 Å². The fraction of sp³-hybridized carbons (Fsp3) is 0.667. The minimum Gasteiger partial charge on any atom is -0.396 e. The molecule has 0 aliphatic carbocycles. The third-order valence-electron chi connectivity index (χ3n) is 3.36. The number of nitrogens with zero attached hydrogens (tertiary/aromatic N) is 2. The Morgan fingerprint density at radius 3 is 2.72 bits per heavy atom. The lowest BCUT2D eigenvalue weighted by Crippen LogP contribution is -2.37. The highest BCUT2D eigenvalue weighted by Crippen LogP contribution is 2.23. The summed E-state index contributed by atoms with van der Waals surface area (Å²) in [5, 5.41) is 9.51. The van der Waals surface area contributed by atoms with Crippen LogP contribution in [0.4, 0.5) is 0 Å². The highest BCUT2D eigenvalue weighted by Gasteiger charge is 2.23. The standard InChI is InChI=1S/C15H26N2O/c1-4-9-15(2,13-18)12-17(3)11-8-14-7-5-6-10-16-14/h5-7,10,18H,4,8-9,11-13H2,1-3H3. The van der Waals surface area contributed by atoms with Gasteiger partial charge >= 0.3 is 0 Å². The van der Waals surface area contributed by atoms with Crippen molar-refractivity contribution in [2.45, 2.75) is 33.1 Å². The fourth-order valence-corrected chi connectivity index (χ4v) is 2.39. The molecule has 0 fully saturated rings. The van der Waals surface area contributed by atoms with Crippen molar-refractivity contribution in [1.29, 1.82) is 0 Å². The highest BCUT2D eigenvalue weighted by molar-refractivity contribution is 5.03. The van der Waals surface area contributed by atoms with Crippen molar-refractivity contribution in [1.82, 2.24) is 9.88 Å². The molecule has 0 aliphatic heterocycles. The summed E-state index contributed by atoms with van der Waals surface area (Å²) in [7, 11) is 2.12. The Balaban J connectivity index is 2.39. The average Bonchev–Trinajstić information content (AvgIpc) is 2.38. The van der Waals surface area contributed by atoms with Gasteiger partial charge in [0.25, 0.3) is 0 Å². The molecular formula is C15H26N2O. The molecule has 0 bridgehead atoms. The zero-order valence-electron chi connectivity index (χ0n) is 11.9. The van der Waals surface area contributed by atoms with E-state index >= 15 is 0 Å². The molecule has 1 N–H and O–H groups in total. The van der Waals surface area contributed by atoms with Crippen LogP contribution in [-0.4, -0.2) is 41.7 Å². The van der Waals surface area contributed by atoms with Crippen molar-refractivity contribution >= 4 is 0 Å². The van der Waals surface area contributed by atoms with E-state index in [4.69, 9.17) is 0 Å². The lowest BCUT2D eigenvalue weighted by molar-refractivity contribution is 0.0907. The first-order chi connectivity index (χ1) is 8.59. The van der Waals surface area contributed by atoms with Crippen LogP contribution in [0.25, 0.3) is 0 Å². The van der Waals surface area contributed by atoms with E-state index in [9.17, 15) is 5.11 Å². The van der Waals surface area contributed by atoms with Crippen LogP contribution in [-0.2, 0) is 6.42 Å². The predicted molar refractivity (Wildman–Crippen MR) is 75.5 cm³/mol. The highest BCUT2D eigenvalue weighted by atomic mass is 16.3. The summed E-state index contributed by atoms with van der Waals surface area (Å²) >= 11 is 0. The Kier molecular flexibility index (Phi) is 6.30. The molecule has 0 amide bonds. The summed E-state index contributed by atoms with van der Waals surface area (Å²) in [5.41, 5.74) is 1.15. The van der Waals surface area contributed by atoms with Crippen molar-refractivity contribution in [3.8, 4) is 0 Å². The Morgan fingerprint density at radius 1 is 1.39 bits per heavy atom. The van der Waals surface area contributed by atoms with E-state index in [0.29, 0.717) is 0 Å². The number of aliphatic hydroxyl groups excluding tert-OH is 1. The summed E-state index contributed by atoms with van der Waals surface area (Å²) < 4.78 is 0. The van der Waals surface area contributed by atoms with E-state index in [0.717, 1.165) is 38.0 Å². The lowest BCUT2D eigenvalue weighted by atomic mass is 9.86. The van der Waals surface area contributed by atoms with Gasteiger partial charge < -0.3 is 10.0 Å². The fourth-order valence-electron chi connectivity index (χ4n) is 2.39. The summed E-state index contributed by atoms with van der Waals surface area (Å²) in [6, 6.07) is 6.03.